The van der Waals surface area contributed by atoms with E-state index in [9.17, 15) is 4.79 Å². The van der Waals surface area contributed by atoms with Crippen LogP contribution in [0.5, 0.6) is 0 Å². The number of pyridine rings is 1. The fraction of sp³-hybridized carbons (Fsp3) is 0.0714. The van der Waals surface area contributed by atoms with E-state index in [-0.39, 0.29) is 5.11 Å². The van der Waals surface area contributed by atoms with Crippen LogP contribution in [0.2, 0.25) is 5.02 Å². The highest BCUT2D eigenvalue weighted by atomic mass is 35.5. The lowest BCUT2D eigenvalue weighted by Crippen LogP contribution is -2.33. The van der Waals surface area contributed by atoms with Crippen LogP contribution in [0.1, 0.15) is 16.9 Å². The number of aromatic nitrogens is 2. The smallest absolute Gasteiger partial charge is 0.250 e. The van der Waals surface area contributed by atoms with Gasteiger partial charge in [-0.1, -0.05) is 29.8 Å². The summed E-state index contributed by atoms with van der Waals surface area (Å²) in [6.07, 6.45) is 4.59. The third kappa shape index (κ3) is 5.45. The second-order valence-corrected chi connectivity index (χ2v) is 9.08. The van der Waals surface area contributed by atoms with Crippen molar-refractivity contribution in [3.8, 4) is 22.8 Å². The Morgan fingerprint density at radius 3 is 2.73 bits per heavy atom. The van der Waals surface area contributed by atoms with Crippen LogP contribution in [-0.4, -0.2) is 21.0 Å². The average molecular weight is 529 g/mol. The SMILES string of the molecule is Cc1ccc(-c2ccc(/C=C/C(=O)NC(=S)Nc3cccc(-c4nc5ncccc5o4)c3C)o2)cc1Cl. The molecule has 0 fully saturated rings. The zero-order valence-corrected chi connectivity index (χ0v) is 21.5. The van der Waals surface area contributed by atoms with E-state index >= 15 is 0 Å². The molecule has 0 spiro atoms. The predicted octanol–water partition coefficient (Wildman–Crippen LogP) is 6.95. The minimum Gasteiger partial charge on any atom is -0.457 e. The first-order valence-electron chi connectivity index (χ1n) is 11.4. The van der Waals surface area contributed by atoms with Crippen molar-refractivity contribution >= 4 is 57.8 Å². The van der Waals surface area contributed by atoms with Gasteiger partial charge in [0, 0.05) is 34.1 Å². The van der Waals surface area contributed by atoms with E-state index in [1.807, 2.05) is 62.4 Å². The summed E-state index contributed by atoms with van der Waals surface area (Å²) in [7, 11) is 0. The summed E-state index contributed by atoms with van der Waals surface area (Å²) < 4.78 is 11.7. The average Bonchev–Trinajstić information content (AvgIpc) is 3.53. The van der Waals surface area contributed by atoms with Crippen molar-refractivity contribution in [2.45, 2.75) is 13.8 Å². The van der Waals surface area contributed by atoms with Crippen molar-refractivity contribution in [2.75, 3.05) is 5.32 Å². The van der Waals surface area contributed by atoms with E-state index in [1.165, 1.54) is 6.08 Å². The van der Waals surface area contributed by atoms with Crippen LogP contribution >= 0.6 is 23.8 Å². The number of nitrogens with zero attached hydrogens (tertiary/aromatic N) is 2. The summed E-state index contributed by atoms with van der Waals surface area (Å²) >= 11 is 11.6. The first kappa shape index (κ1) is 24.4. The largest absolute Gasteiger partial charge is 0.457 e. The Morgan fingerprint density at radius 2 is 1.92 bits per heavy atom. The second-order valence-electron chi connectivity index (χ2n) is 8.26. The molecule has 1 amide bonds. The van der Waals surface area contributed by atoms with E-state index in [1.54, 1.807) is 24.4 Å². The molecule has 0 aliphatic rings. The maximum Gasteiger partial charge on any atom is 0.250 e. The number of hydrogen-bond donors (Lipinski definition) is 2. The van der Waals surface area contributed by atoms with Crippen molar-refractivity contribution in [1.82, 2.24) is 15.3 Å². The van der Waals surface area contributed by atoms with Crippen molar-refractivity contribution in [3.63, 3.8) is 0 Å². The number of anilines is 1. The highest BCUT2D eigenvalue weighted by Gasteiger charge is 2.14. The lowest BCUT2D eigenvalue weighted by atomic mass is 10.1. The maximum atomic E-state index is 12.4. The van der Waals surface area contributed by atoms with Gasteiger partial charge in [0.1, 0.15) is 11.5 Å². The molecule has 0 saturated heterocycles. The van der Waals surface area contributed by atoms with Gasteiger partial charge < -0.3 is 14.2 Å². The molecule has 0 radical (unpaired) electrons. The van der Waals surface area contributed by atoms with E-state index in [2.05, 4.69) is 20.6 Å². The van der Waals surface area contributed by atoms with Crippen LogP contribution in [0, 0.1) is 13.8 Å². The summed E-state index contributed by atoms with van der Waals surface area (Å²) in [5, 5.41) is 6.53. The summed E-state index contributed by atoms with van der Waals surface area (Å²) in [4.78, 5) is 21.1. The molecule has 184 valence electrons. The number of hydrogen-bond acceptors (Lipinski definition) is 6. The number of oxazole rings is 1. The van der Waals surface area contributed by atoms with Gasteiger partial charge in [0.2, 0.25) is 11.8 Å². The predicted molar refractivity (Wildman–Crippen MR) is 149 cm³/mol. The number of carbonyl (C=O) groups excluding carboxylic acids is 1. The fourth-order valence-electron chi connectivity index (χ4n) is 3.70. The molecule has 3 aromatic heterocycles. The second kappa shape index (κ2) is 10.4. The zero-order chi connectivity index (χ0) is 25.9. The van der Waals surface area contributed by atoms with Gasteiger partial charge in [-0.3, -0.25) is 10.1 Å². The normalized spacial score (nSPS) is 11.2. The number of aryl methyl sites for hydroxylation is 1. The first-order chi connectivity index (χ1) is 17.9. The number of carbonyl (C=O) groups is 1. The molecule has 2 N–H and O–H groups in total. The highest BCUT2D eigenvalue weighted by molar-refractivity contribution is 7.80. The zero-order valence-electron chi connectivity index (χ0n) is 19.9. The van der Waals surface area contributed by atoms with Crippen LogP contribution in [0.25, 0.3) is 40.1 Å². The molecule has 0 aliphatic heterocycles. The first-order valence-corrected chi connectivity index (χ1v) is 12.1. The third-order valence-electron chi connectivity index (χ3n) is 5.70. The van der Waals surface area contributed by atoms with Crippen LogP contribution in [-0.2, 0) is 4.79 Å². The lowest BCUT2D eigenvalue weighted by molar-refractivity contribution is -0.115. The Kier molecular flexibility index (Phi) is 6.85. The third-order valence-corrected chi connectivity index (χ3v) is 6.31. The van der Waals surface area contributed by atoms with Gasteiger partial charge in [0.15, 0.2) is 16.3 Å². The molecule has 3 heterocycles. The molecule has 0 saturated carbocycles. The molecule has 5 aromatic rings. The number of fused-ring (bicyclic) bond motifs is 1. The minimum atomic E-state index is -0.396. The van der Waals surface area contributed by atoms with Crippen LogP contribution in [0.3, 0.4) is 0 Å². The molecule has 37 heavy (non-hydrogen) atoms. The molecule has 0 unspecified atom stereocenters. The number of benzene rings is 2. The maximum absolute atomic E-state index is 12.4. The number of rotatable bonds is 5. The van der Waals surface area contributed by atoms with E-state index in [0.29, 0.717) is 33.7 Å². The Morgan fingerprint density at radius 1 is 1.05 bits per heavy atom. The minimum absolute atomic E-state index is 0.156. The van der Waals surface area contributed by atoms with Crippen LogP contribution < -0.4 is 10.6 Å². The number of thiocarbonyl (C=S) groups is 1. The number of halogens is 1. The van der Waals surface area contributed by atoms with Crippen molar-refractivity contribution in [1.29, 1.82) is 0 Å². The summed E-state index contributed by atoms with van der Waals surface area (Å²) in [5.41, 5.74) is 5.36. The van der Waals surface area contributed by atoms with E-state index in [0.717, 1.165) is 27.9 Å². The topological polar surface area (TPSA) is 93.2 Å². The number of nitrogens with one attached hydrogen (secondary N) is 2. The van der Waals surface area contributed by atoms with E-state index < -0.39 is 5.91 Å². The van der Waals surface area contributed by atoms with E-state index in [4.69, 9.17) is 32.7 Å². The van der Waals surface area contributed by atoms with Crippen molar-refractivity contribution < 1.29 is 13.6 Å². The Bertz CT molecular complexity index is 1640. The summed E-state index contributed by atoms with van der Waals surface area (Å²) in [6, 6.07) is 18.5. The Hall–Kier alpha value is -4.27. The number of furan rings is 1. The molecule has 7 nitrogen and oxygen atoms in total. The van der Waals surface area contributed by atoms with Crippen molar-refractivity contribution in [3.05, 3.63) is 94.8 Å². The van der Waals surface area contributed by atoms with Gasteiger partial charge in [-0.15, -0.1) is 0 Å². The summed E-state index contributed by atoms with van der Waals surface area (Å²) in [5.74, 6) is 1.24. The van der Waals surface area contributed by atoms with Gasteiger partial charge in [-0.2, -0.15) is 4.98 Å². The van der Waals surface area contributed by atoms with Crippen LogP contribution in [0.4, 0.5) is 5.69 Å². The molecule has 0 aliphatic carbocycles. The number of amides is 1. The molecule has 0 bridgehead atoms. The molecule has 0 atom stereocenters. The van der Waals surface area contributed by atoms with Gasteiger partial charge >= 0.3 is 0 Å². The fourth-order valence-corrected chi connectivity index (χ4v) is 4.09. The highest BCUT2D eigenvalue weighted by Crippen LogP contribution is 2.30. The van der Waals surface area contributed by atoms with Gasteiger partial charge in [0.05, 0.1) is 0 Å². The lowest BCUT2D eigenvalue weighted by Gasteiger charge is -2.12. The van der Waals surface area contributed by atoms with Crippen LogP contribution in [0.15, 0.2) is 81.8 Å². The molecular weight excluding hydrogens is 508 g/mol. The summed E-state index contributed by atoms with van der Waals surface area (Å²) in [6.45, 7) is 3.86. The van der Waals surface area contributed by atoms with Gasteiger partial charge in [0.25, 0.3) is 0 Å². The molecule has 5 rings (SSSR count). The Balaban J connectivity index is 1.23. The quantitative estimate of drug-likeness (QED) is 0.188. The van der Waals surface area contributed by atoms with Crippen molar-refractivity contribution in [2.24, 2.45) is 0 Å². The Labute approximate surface area is 223 Å². The molecule has 9 heteroatoms. The van der Waals surface area contributed by atoms with Gasteiger partial charge in [-0.25, -0.2) is 4.98 Å². The molecule has 2 aromatic carbocycles. The monoisotopic (exact) mass is 528 g/mol. The standard InChI is InChI=1S/C28H21ClN4O3S/c1-16-8-9-18(15-21(16)29)23-12-10-19(35-23)11-13-25(34)32-28(37)31-22-6-3-5-20(17(22)2)27-33-26-24(36-27)7-4-14-30-26/h3-15H,1-2H3,(H2,31,32,34,37)/b13-11+. The van der Waals surface area contributed by atoms with Gasteiger partial charge in [-0.05, 0) is 85.7 Å². The molecular formula is C28H21ClN4O3S.